The van der Waals surface area contributed by atoms with Crippen LogP contribution in [0.25, 0.3) is 0 Å². The lowest BCUT2D eigenvalue weighted by atomic mass is 10.00. The fraction of sp³-hybridized carbons (Fsp3) is 0.700. The van der Waals surface area contributed by atoms with Crippen molar-refractivity contribution in [3.63, 3.8) is 0 Å². The number of piperazine rings is 1. The number of nitrogens with one attached hydrogen (secondary N) is 2. The highest BCUT2D eigenvalue weighted by molar-refractivity contribution is 5.30. The van der Waals surface area contributed by atoms with Gasteiger partial charge in [0, 0.05) is 45.3 Å². The van der Waals surface area contributed by atoms with Crippen LogP contribution in [0.15, 0.2) is 18.2 Å². The van der Waals surface area contributed by atoms with E-state index in [1.807, 2.05) is 0 Å². The van der Waals surface area contributed by atoms with Crippen molar-refractivity contribution in [2.24, 2.45) is 0 Å². The van der Waals surface area contributed by atoms with Crippen LogP contribution in [-0.2, 0) is 11.2 Å². The van der Waals surface area contributed by atoms with Gasteiger partial charge in [-0.3, -0.25) is 5.43 Å². The van der Waals surface area contributed by atoms with Gasteiger partial charge in [0.25, 0.3) is 0 Å². The van der Waals surface area contributed by atoms with Crippen LogP contribution >= 0.6 is 0 Å². The molecule has 5 heteroatoms. The molecule has 2 saturated heterocycles. The van der Waals surface area contributed by atoms with Gasteiger partial charge in [-0.25, -0.2) is 5.01 Å². The van der Waals surface area contributed by atoms with Crippen molar-refractivity contribution in [1.29, 1.82) is 0 Å². The summed E-state index contributed by atoms with van der Waals surface area (Å²) in [6.45, 7) is 13.8. The second-order valence-electron chi connectivity index (χ2n) is 7.44. The SMILES string of the molecule is Cc1ccc(CC2CN(CCCNN3CCOCC3)CCN2)cc1C. The van der Waals surface area contributed by atoms with E-state index in [9.17, 15) is 0 Å². The smallest absolute Gasteiger partial charge is 0.0608 e. The van der Waals surface area contributed by atoms with Crippen LogP contribution in [0.3, 0.4) is 0 Å². The van der Waals surface area contributed by atoms with Gasteiger partial charge in [-0.15, -0.1) is 0 Å². The first-order chi connectivity index (χ1) is 12.2. The van der Waals surface area contributed by atoms with Crippen molar-refractivity contribution in [3.05, 3.63) is 34.9 Å². The molecule has 5 nitrogen and oxygen atoms in total. The largest absolute Gasteiger partial charge is 0.379 e. The molecule has 0 aliphatic carbocycles. The molecule has 2 aliphatic rings. The van der Waals surface area contributed by atoms with E-state index in [2.05, 4.69) is 52.7 Å². The summed E-state index contributed by atoms with van der Waals surface area (Å²) in [4.78, 5) is 2.61. The number of benzene rings is 1. The second kappa shape index (κ2) is 9.64. The van der Waals surface area contributed by atoms with Crippen molar-refractivity contribution >= 4 is 0 Å². The Kier molecular flexibility index (Phi) is 7.25. The lowest BCUT2D eigenvalue weighted by molar-refractivity contribution is 0.0114. The molecule has 0 radical (unpaired) electrons. The summed E-state index contributed by atoms with van der Waals surface area (Å²) in [5.41, 5.74) is 7.78. The van der Waals surface area contributed by atoms with Crippen LogP contribution in [0.2, 0.25) is 0 Å². The van der Waals surface area contributed by atoms with Gasteiger partial charge in [-0.1, -0.05) is 18.2 Å². The topological polar surface area (TPSA) is 39.8 Å². The predicted molar refractivity (Wildman–Crippen MR) is 103 cm³/mol. The third kappa shape index (κ3) is 6.04. The monoisotopic (exact) mass is 346 g/mol. The molecule has 0 bridgehead atoms. The first-order valence-corrected chi connectivity index (χ1v) is 9.79. The van der Waals surface area contributed by atoms with Crippen molar-refractivity contribution in [2.45, 2.75) is 32.7 Å². The highest BCUT2D eigenvalue weighted by atomic mass is 16.5. The first-order valence-electron chi connectivity index (χ1n) is 9.79. The molecule has 3 rings (SSSR count). The minimum absolute atomic E-state index is 0.572. The maximum Gasteiger partial charge on any atom is 0.0608 e. The number of nitrogens with zero attached hydrogens (tertiary/aromatic N) is 2. The Bertz CT molecular complexity index is 530. The summed E-state index contributed by atoms with van der Waals surface area (Å²) in [6, 6.07) is 7.46. The highest BCUT2D eigenvalue weighted by Crippen LogP contribution is 2.13. The maximum atomic E-state index is 5.38. The van der Waals surface area contributed by atoms with Gasteiger partial charge in [-0.2, -0.15) is 0 Å². The Labute approximate surface area is 152 Å². The Morgan fingerprint density at radius 2 is 2.00 bits per heavy atom. The molecule has 2 aliphatic heterocycles. The zero-order valence-corrected chi connectivity index (χ0v) is 15.9. The second-order valence-corrected chi connectivity index (χ2v) is 7.44. The van der Waals surface area contributed by atoms with Crippen molar-refractivity contribution in [3.8, 4) is 0 Å². The Balaban J connectivity index is 1.36. The maximum absolute atomic E-state index is 5.38. The molecule has 2 N–H and O–H groups in total. The first kappa shape index (κ1) is 18.8. The van der Waals surface area contributed by atoms with Crippen molar-refractivity contribution < 1.29 is 4.74 Å². The summed E-state index contributed by atoms with van der Waals surface area (Å²) in [5.74, 6) is 0. The zero-order chi connectivity index (χ0) is 17.5. The number of aryl methyl sites for hydroxylation is 2. The van der Waals surface area contributed by atoms with E-state index in [0.29, 0.717) is 6.04 Å². The van der Waals surface area contributed by atoms with Crippen LogP contribution in [0.4, 0.5) is 0 Å². The van der Waals surface area contributed by atoms with Crippen molar-refractivity contribution in [1.82, 2.24) is 20.7 Å². The third-order valence-corrected chi connectivity index (χ3v) is 5.39. The molecular formula is C20H34N4O. The molecule has 2 fully saturated rings. The number of hydrazine groups is 1. The predicted octanol–water partition coefficient (Wildman–Crippen LogP) is 1.35. The van der Waals surface area contributed by atoms with E-state index in [4.69, 9.17) is 4.74 Å². The zero-order valence-electron chi connectivity index (χ0n) is 15.9. The third-order valence-electron chi connectivity index (χ3n) is 5.39. The van der Waals surface area contributed by atoms with Gasteiger partial charge in [-0.05, 0) is 49.9 Å². The van der Waals surface area contributed by atoms with Crippen molar-refractivity contribution in [2.75, 3.05) is 59.0 Å². The van der Waals surface area contributed by atoms with Gasteiger partial charge in [0.1, 0.15) is 0 Å². The summed E-state index contributed by atoms with van der Waals surface area (Å²) in [5, 5.41) is 5.99. The van der Waals surface area contributed by atoms with Crippen LogP contribution in [0.5, 0.6) is 0 Å². The fourth-order valence-electron chi connectivity index (χ4n) is 3.71. The average molecular weight is 347 g/mol. The van der Waals surface area contributed by atoms with E-state index in [-0.39, 0.29) is 0 Å². The van der Waals surface area contributed by atoms with Crippen LogP contribution in [0, 0.1) is 13.8 Å². The molecule has 140 valence electrons. The minimum Gasteiger partial charge on any atom is -0.379 e. The van der Waals surface area contributed by atoms with Gasteiger partial charge in [0.05, 0.1) is 13.2 Å². The van der Waals surface area contributed by atoms with E-state index in [1.54, 1.807) is 0 Å². The molecule has 2 heterocycles. The Morgan fingerprint density at radius 1 is 1.16 bits per heavy atom. The molecule has 0 spiro atoms. The molecule has 1 aromatic carbocycles. The summed E-state index contributed by atoms with van der Waals surface area (Å²) >= 11 is 0. The molecule has 0 amide bonds. The van der Waals surface area contributed by atoms with E-state index < -0.39 is 0 Å². The Morgan fingerprint density at radius 3 is 2.80 bits per heavy atom. The number of morpholine rings is 1. The van der Waals surface area contributed by atoms with Gasteiger partial charge in [0.15, 0.2) is 0 Å². The van der Waals surface area contributed by atoms with Crippen LogP contribution in [-0.4, -0.2) is 75.0 Å². The minimum atomic E-state index is 0.572. The summed E-state index contributed by atoms with van der Waals surface area (Å²) in [6.07, 6.45) is 2.33. The molecule has 1 atom stereocenters. The number of ether oxygens (including phenoxy) is 1. The van der Waals surface area contributed by atoms with Gasteiger partial charge >= 0.3 is 0 Å². The van der Waals surface area contributed by atoms with Gasteiger partial charge in [0.2, 0.25) is 0 Å². The molecule has 25 heavy (non-hydrogen) atoms. The standard InChI is InChI=1S/C20H34N4O/c1-17-4-5-19(14-18(17)2)15-20-16-23(9-7-21-20)8-3-6-22-24-10-12-25-13-11-24/h4-5,14,20-22H,3,6-13,15-16H2,1-2H3. The van der Waals surface area contributed by atoms with Crippen LogP contribution < -0.4 is 10.7 Å². The fourth-order valence-corrected chi connectivity index (χ4v) is 3.71. The molecule has 0 saturated carbocycles. The van der Waals surface area contributed by atoms with Gasteiger partial charge < -0.3 is 15.0 Å². The molecule has 0 aromatic heterocycles. The average Bonchev–Trinajstić information content (AvgIpc) is 2.63. The normalized spacial score (nSPS) is 23.0. The van der Waals surface area contributed by atoms with E-state index in [0.717, 1.165) is 52.4 Å². The molecule has 1 aromatic rings. The summed E-state index contributed by atoms with van der Waals surface area (Å²) < 4.78 is 5.38. The Hall–Kier alpha value is -0.980. The lowest BCUT2D eigenvalue weighted by Crippen LogP contribution is -2.52. The number of hydrogen-bond acceptors (Lipinski definition) is 5. The number of rotatable bonds is 7. The number of hydrogen-bond donors (Lipinski definition) is 2. The quantitative estimate of drug-likeness (QED) is 0.729. The molecule has 1 unspecified atom stereocenters. The lowest BCUT2D eigenvalue weighted by Gasteiger charge is -2.34. The van der Waals surface area contributed by atoms with E-state index >= 15 is 0 Å². The highest BCUT2D eigenvalue weighted by Gasteiger charge is 2.19. The van der Waals surface area contributed by atoms with E-state index in [1.165, 1.54) is 36.2 Å². The summed E-state index contributed by atoms with van der Waals surface area (Å²) in [7, 11) is 0. The van der Waals surface area contributed by atoms with Crippen LogP contribution in [0.1, 0.15) is 23.1 Å². The molecular weight excluding hydrogens is 312 g/mol.